The summed E-state index contributed by atoms with van der Waals surface area (Å²) in [5, 5.41) is 1.03. The highest BCUT2D eigenvalue weighted by Crippen LogP contribution is 2.26. The standard InChI is InChI=1S/C15H22Cl2N2O/c1-11(8-9-18)6-7-14(20)19(2)10-12-4-3-5-13(16)15(12)17/h3-5,11H,6-10,18H2,1-2H3. The number of hydrogen-bond acceptors (Lipinski definition) is 2. The Kier molecular flexibility index (Phi) is 7.35. The summed E-state index contributed by atoms with van der Waals surface area (Å²) >= 11 is 12.1. The van der Waals surface area contributed by atoms with Crippen LogP contribution in [0.2, 0.25) is 10.0 Å². The lowest BCUT2D eigenvalue weighted by Gasteiger charge is -2.19. The fraction of sp³-hybridized carbons (Fsp3) is 0.533. The first kappa shape index (κ1) is 17.3. The van der Waals surface area contributed by atoms with Gasteiger partial charge in [0.2, 0.25) is 5.91 Å². The van der Waals surface area contributed by atoms with E-state index < -0.39 is 0 Å². The van der Waals surface area contributed by atoms with Crippen LogP contribution in [0.15, 0.2) is 18.2 Å². The van der Waals surface area contributed by atoms with E-state index in [-0.39, 0.29) is 5.91 Å². The van der Waals surface area contributed by atoms with Crippen LogP contribution in [0.25, 0.3) is 0 Å². The molecule has 1 unspecified atom stereocenters. The van der Waals surface area contributed by atoms with Gasteiger partial charge in [-0.05, 0) is 36.9 Å². The lowest BCUT2D eigenvalue weighted by molar-refractivity contribution is -0.130. The van der Waals surface area contributed by atoms with Gasteiger partial charge in [-0.2, -0.15) is 0 Å². The van der Waals surface area contributed by atoms with E-state index in [2.05, 4.69) is 6.92 Å². The average molecular weight is 317 g/mol. The van der Waals surface area contributed by atoms with Gasteiger partial charge >= 0.3 is 0 Å². The van der Waals surface area contributed by atoms with Crippen molar-refractivity contribution < 1.29 is 4.79 Å². The molecule has 0 radical (unpaired) electrons. The van der Waals surface area contributed by atoms with Crippen LogP contribution in [0.4, 0.5) is 0 Å². The molecule has 3 nitrogen and oxygen atoms in total. The Hall–Kier alpha value is -0.770. The van der Waals surface area contributed by atoms with Gasteiger partial charge in [0, 0.05) is 20.0 Å². The number of hydrogen-bond donors (Lipinski definition) is 1. The third-order valence-electron chi connectivity index (χ3n) is 3.38. The van der Waals surface area contributed by atoms with Crippen LogP contribution in [0.1, 0.15) is 31.7 Å². The van der Waals surface area contributed by atoms with E-state index in [4.69, 9.17) is 28.9 Å². The zero-order chi connectivity index (χ0) is 15.1. The van der Waals surface area contributed by atoms with Crippen LogP contribution >= 0.6 is 23.2 Å². The smallest absolute Gasteiger partial charge is 0.222 e. The Morgan fingerprint density at radius 1 is 1.35 bits per heavy atom. The number of nitrogens with zero attached hydrogens (tertiary/aromatic N) is 1. The molecule has 0 spiro atoms. The molecule has 0 fully saturated rings. The number of benzene rings is 1. The molecule has 0 aliphatic carbocycles. The van der Waals surface area contributed by atoms with E-state index in [0.717, 1.165) is 18.4 Å². The molecule has 20 heavy (non-hydrogen) atoms. The minimum absolute atomic E-state index is 0.116. The SMILES string of the molecule is CC(CCN)CCC(=O)N(C)Cc1cccc(Cl)c1Cl. The van der Waals surface area contributed by atoms with Crippen molar-refractivity contribution in [3.05, 3.63) is 33.8 Å². The summed E-state index contributed by atoms with van der Waals surface area (Å²) in [6.07, 6.45) is 2.36. The van der Waals surface area contributed by atoms with Crippen LogP contribution in [0, 0.1) is 5.92 Å². The van der Waals surface area contributed by atoms with Crippen LogP contribution in [-0.2, 0) is 11.3 Å². The summed E-state index contributed by atoms with van der Waals surface area (Å²) in [6, 6.07) is 5.46. The van der Waals surface area contributed by atoms with Gasteiger partial charge in [0.05, 0.1) is 10.0 Å². The quantitative estimate of drug-likeness (QED) is 0.833. The topological polar surface area (TPSA) is 46.3 Å². The molecule has 0 saturated carbocycles. The molecule has 1 aromatic rings. The summed E-state index contributed by atoms with van der Waals surface area (Å²) in [7, 11) is 1.78. The van der Waals surface area contributed by atoms with Crippen molar-refractivity contribution in [2.45, 2.75) is 32.7 Å². The molecule has 0 heterocycles. The van der Waals surface area contributed by atoms with Gasteiger partial charge in [0.15, 0.2) is 0 Å². The van der Waals surface area contributed by atoms with Crippen molar-refractivity contribution in [2.24, 2.45) is 11.7 Å². The molecule has 0 aromatic heterocycles. The summed E-state index contributed by atoms with van der Waals surface area (Å²) < 4.78 is 0. The molecule has 1 aromatic carbocycles. The maximum absolute atomic E-state index is 12.1. The van der Waals surface area contributed by atoms with E-state index in [1.807, 2.05) is 12.1 Å². The molecular formula is C15H22Cl2N2O. The fourth-order valence-corrected chi connectivity index (χ4v) is 2.38. The van der Waals surface area contributed by atoms with Gasteiger partial charge in [-0.3, -0.25) is 4.79 Å². The fourth-order valence-electron chi connectivity index (χ4n) is 2.00. The third-order valence-corrected chi connectivity index (χ3v) is 4.23. The monoisotopic (exact) mass is 316 g/mol. The average Bonchev–Trinajstić information content (AvgIpc) is 2.41. The molecule has 0 aliphatic heterocycles. The first-order valence-electron chi connectivity index (χ1n) is 6.82. The molecule has 112 valence electrons. The predicted octanol–water partition coefficient (Wildman–Crippen LogP) is 3.72. The van der Waals surface area contributed by atoms with Gasteiger partial charge in [0.1, 0.15) is 0 Å². The van der Waals surface area contributed by atoms with Crippen molar-refractivity contribution in [1.82, 2.24) is 4.90 Å². The largest absolute Gasteiger partial charge is 0.341 e. The second kappa shape index (κ2) is 8.50. The van der Waals surface area contributed by atoms with E-state index >= 15 is 0 Å². The summed E-state index contributed by atoms with van der Waals surface area (Å²) in [5.41, 5.74) is 6.37. The highest BCUT2D eigenvalue weighted by Gasteiger charge is 2.13. The normalized spacial score (nSPS) is 12.2. The maximum atomic E-state index is 12.1. The van der Waals surface area contributed by atoms with Crippen LogP contribution < -0.4 is 5.73 Å². The molecule has 5 heteroatoms. The molecule has 1 amide bonds. The van der Waals surface area contributed by atoms with E-state index in [1.165, 1.54) is 0 Å². The molecule has 1 rings (SSSR count). The van der Waals surface area contributed by atoms with E-state index in [0.29, 0.717) is 35.5 Å². The Balaban J connectivity index is 2.51. The van der Waals surface area contributed by atoms with Gasteiger partial charge < -0.3 is 10.6 Å². The third kappa shape index (κ3) is 5.31. The summed E-state index contributed by atoms with van der Waals surface area (Å²) in [6.45, 7) is 3.26. The highest BCUT2D eigenvalue weighted by molar-refractivity contribution is 6.42. The molecule has 0 bridgehead atoms. The van der Waals surface area contributed by atoms with Crippen molar-refractivity contribution in [2.75, 3.05) is 13.6 Å². The minimum Gasteiger partial charge on any atom is -0.341 e. The van der Waals surface area contributed by atoms with Crippen LogP contribution in [0.5, 0.6) is 0 Å². The number of carbonyl (C=O) groups is 1. The van der Waals surface area contributed by atoms with Gasteiger partial charge in [-0.1, -0.05) is 42.3 Å². The number of halogens is 2. The second-order valence-electron chi connectivity index (χ2n) is 5.18. The van der Waals surface area contributed by atoms with E-state index in [9.17, 15) is 4.79 Å². The van der Waals surface area contributed by atoms with Crippen molar-refractivity contribution >= 4 is 29.1 Å². The minimum atomic E-state index is 0.116. The number of carbonyl (C=O) groups excluding carboxylic acids is 1. The lowest BCUT2D eigenvalue weighted by Crippen LogP contribution is -2.26. The lowest BCUT2D eigenvalue weighted by atomic mass is 10.0. The second-order valence-corrected chi connectivity index (χ2v) is 5.97. The van der Waals surface area contributed by atoms with Crippen molar-refractivity contribution in [1.29, 1.82) is 0 Å². The first-order valence-corrected chi connectivity index (χ1v) is 7.58. The molecule has 0 saturated heterocycles. The maximum Gasteiger partial charge on any atom is 0.222 e. The Labute approximate surface area is 131 Å². The first-order chi connectivity index (χ1) is 9.45. The highest BCUT2D eigenvalue weighted by atomic mass is 35.5. The van der Waals surface area contributed by atoms with Crippen LogP contribution in [0.3, 0.4) is 0 Å². The predicted molar refractivity (Wildman–Crippen MR) is 85.0 cm³/mol. The van der Waals surface area contributed by atoms with Crippen molar-refractivity contribution in [3.63, 3.8) is 0 Å². The molecule has 0 aliphatic rings. The Morgan fingerprint density at radius 3 is 2.70 bits per heavy atom. The zero-order valence-electron chi connectivity index (χ0n) is 12.0. The number of nitrogens with two attached hydrogens (primary N) is 1. The Bertz CT molecular complexity index is 451. The Morgan fingerprint density at radius 2 is 2.05 bits per heavy atom. The molecular weight excluding hydrogens is 295 g/mol. The number of rotatable bonds is 7. The van der Waals surface area contributed by atoms with Crippen molar-refractivity contribution in [3.8, 4) is 0 Å². The van der Waals surface area contributed by atoms with Gasteiger partial charge in [0.25, 0.3) is 0 Å². The van der Waals surface area contributed by atoms with Gasteiger partial charge in [-0.25, -0.2) is 0 Å². The summed E-state index contributed by atoms with van der Waals surface area (Å²) in [4.78, 5) is 13.8. The van der Waals surface area contributed by atoms with Crippen LogP contribution in [-0.4, -0.2) is 24.4 Å². The number of amides is 1. The molecule has 1 atom stereocenters. The van der Waals surface area contributed by atoms with E-state index in [1.54, 1.807) is 18.0 Å². The van der Waals surface area contributed by atoms with Gasteiger partial charge in [-0.15, -0.1) is 0 Å². The summed E-state index contributed by atoms with van der Waals surface area (Å²) in [5.74, 6) is 0.594. The molecule has 2 N–H and O–H groups in total. The zero-order valence-corrected chi connectivity index (χ0v) is 13.5.